The van der Waals surface area contributed by atoms with E-state index < -0.39 is 17.6 Å². The largest absolute Gasteiger partial charge is 0.431 e. The zero-order chi connectivity index (χ0) is 15.4. The quantitative estimate of drug-likeness (QED) is 0.539. The zero-order valence-corrected chi connectivity index (χ0v) is 12.3. The Kier molecular flexibility index (Phi) is 5.66. The van der Waals surface area contributed by atoms with E-state index in [-0.39, 0.29) is 12.2 Å². The molecule has 5 heteroatoms. The average Bonchev–Trinajstić information content (AvgIpc) is 2.37. The van der Waals surface area contributed by atoms with Gasteiger partial charge in [-0.05, 0) is 45.1 Å². The third-order valence-electron chi connectivity index (χ3n) is 4.16. The number of halogens is 3. The highest BCUT2D eigenvalue weighted by Crippen LogP contribution is 2.42. The molecular formula is C15H23F3O2. The van der Waals surface area contributed by atoms with Gasteiger partial charge in [-0.3, -0.25) is 4.79 Å². The van der Waals surface area contributed by atoms with Gasteiger partial charge in [-0.1, -0.05) is 26.2 Å². The lowest BCUT2D eigenvalue weighted by atomic mass is 9.87. The number of hydrogen-bond acceptors (Lipinski definition) is 2. The SMILES string of the molecule is CCC(C)(C(=O)OC(C)=CC1CCCCC1)C(F)(F)F. The Bertz CT molecular complexity index is 368. The van der Waals surface area contributed by atoms with Crippen molar-refractivity contribution in [1.82, 2.24) is 0 Å². The van der Waals surface area contributed by atoms with E-state index in [0.717, 1.165) is 32.6 Å². The van der Waals surface area contributed by atoms with Crippen LogP contribution in [-0.4, -0.2) is 12.1 Å². The van der Waals surface area contributed by atoms with Gasteiger partial charge in [0.2, 0.25) is 0 Å². The van der Waals surface area contributed by atoms with Crippen molar-refractivity contribution >= 4 is 5.97 Å². The molecule has 0 bridgehead atoms. The summed E-state index contributed by atoms with van der Waals surface area (Å²) in [5.74, 6) is -0.613. The van der Waals surface area contributed by atoms with Gasteiger partial charge in [-0.25, -0.2) is 0 Å². The van der Waals surface area contributed by atoms with E-state index in [0.29, 0.717) is 5.92 Å². The van der Waals surface area contributed by atoms with Crippen LogP contribution in [0.5, 0.6) is 0 Å². The Balaban J connectivity index is 2.70. The molecule has 0 spiro atoms. The molecule has 1 saturated carbocycles. The predicted octanol–water partition coefficient (Wildman–Crippen LogP) is 4.99. The maximum absolute atomic E-state index is 12.9. The normalized spacial score (nSPS) is 21.4. The molecule has 0 N–H and O–H groups in total. The van der Waals surface area contributed by atoms with Crippen LogP contribution >= 0.6 is 0 Å². The molecule has 0 aromatic carbocycles. The molecule has 20 heavy (non-hydrogen) atoms. The first kappa shape index (κ1) is 17.1. The number of hydrogen-bond donors (Lipinski definition) is 0. The summed E-state index contributed by atoms with van der Waals surface area (Å²) in [6, 6.07) is 0. The second-order valence-electron chi connectivity index (χ2n) is 5.75. The number of allylic oxidation sites excluding steroid dienone is 2. The molecule has 0 aromatic rings. The van der Waals surface area contributed by atoms with Crippen LogP contribution in [0.25, 0.3) is 0 Å². The minimum atomic E-state index is -4.59. The van der Waals surface area contributed by atoms with Gasteiger partial charge in [0.25, 0.3) is 0 Å². The zero-order valence-electron chi connectivity index (χ0n) is 12.3. The van der Waals surface area contributed by atoms with Crippen LogP contribution in [0.4, 0.5) is 13.2 Å². The number of carbonyl (C=O) groups is 1. The maximum atomic E-state index is 12.9. The van der Waals surface area contributed by atoms with Gasteiger partial charge in [0, 0.05) is 0 Å². The molecule has 0 aliphatic heterocycles. The van der Waals surface area contributed by atoms with E-state index in [2.05, 4.69) is 0 Å². The molecule has 0 radical (unpaired) electrons. The number of esters is 1. The van der Waals surface area contributed by atoms with Crippen molar-refractivity contribution in [2.45, 2.75) is 65.5 Å². The monoisotopic (exact) mass is 292 g/mol. The minimum Gasteiger partial charge on any atom is -0.431 e. The Morgan fingerprint density at radius 3 is 2.25 bits per heavy atom. The fraction of sp³-hybridized carbons (Fsp3) is 0.800. The molecule has 0 heterocycles. The molecule has 116 valence electrons. The van der Waals surface area contributed by atoms with Gasteiger partial charge < -0.3 is 4.74 Å². The molecule has 2 nitrogen and oxygen atoms in total. The lowest BCUT2D eigenvalue weighted by molar-refractivity contribution is -0.228. The summed E-state index contributed by atoms with van der Waals surface area (Å²) in [7, 11) is 0. The van der Waals surface area contributed by atoms with Gasteiger partial charge in [0.1, 0.15) is 5.76 Å². The topological polar surface area (TPSA) is 26.3 Å². The molecule has 1 unspecified atom stereocenters. The summed E-state index contributed by atoms with van der Waals surface area (Å²) in [5, 5.41) is 0. The van der Waals surface area contributed by atoms with Crippen LogP contribution in [0.3, 0.4) is 0 Å². The van der Waals surface area contributed by atoms with Gasteiger partial charge in [-0.15, -0.1) is 0 Å². The standard InChI is InChI=1S/C15H23F3O2/c1-4-14(3,15(16,17)18)13(19)20-11(2)10-12-8-6-5-7-9-12/h10,12H,4-9H2,1-3H3. The Morgan fingerprint density at radius 1 is 1.25 bits per heavy atom. The molecule has 0 saturated heterocycles. The number of carbonyl (C=O) groups excluding carboxylic acids is 1. The highest BCUT2D eigenvalue weighted by molar-refractivity contribution is 5.78. The van der Waals surface area contributed by atoms with Crippen LogP contribution in [0.2, 0.25) is 0 Å². The van der Waals surface area contributed by atoms with Gasteiger partial charge in [0.15, 0.2) is 5.41 Å². The number of ether oxygens (including phenoxy) is 1. The van der Waals surface area contributed by atoms with Gasteiger partial charge in [-0.2, -0.15) is 13.2 Å². The first-order chi connectivity index (χ1) is 9.20. The van der Waals surface area contributed by atoms with Crippen LogP contribution in [-0.2, 0) is 9.53 Å². The molecule has 1 rings (SSSR count). The van der Waals surface area contributed by atoms with Crippen LogP contribution in [0.15, 0.2) is 11.8 Å². The summed E-state index contributed by atoms with van der Waals surface area (Å²) in [6.45, 7) is 3.79. The fourth-order valence-corrected chi connectivity index (χ4v) is 2.39. The summed E-state index contributed by atoms with van der Waals surface area (Å²) >= 11 is 0. The summed E-state index contributed by atoms with van der Waals surface area (Å²) in [6.07, 6.45) is 2.35. The predicted molar refractivity (Wildman–Crippen MR) is 70.9 cm³/mol. The van der Waals surface area contributed by atoms with Crippen LogP contribution in [0, 0.1) is 11.3 Å². The van der Waals surface area contributed by atoms with E-state index in [1.165, 1.54) is 13.3 Å². The Labute approximate surface area is 118 Å². The van der Waals surface area contributed by atoms with Crippen molar-refractivity contribution in [3.8, 4) is 0 Å². The number of alkyl halides is 3. The molecule has 1 fully saturated rings. The number of rotatable bonds is 4. The smallest absolute Gasteiger partial charge is 0.404 e. The second-order valence-corrected chi connectivity index (χ2v) is 5.75. The third kappa shape index (κ3) is 4.00. The van der Waals surface area contributed by atoms with E-state index in [1.54, 1.807) is 13.0 Å². The van der Waals surface area contributed by atoms with Crippen molar-refractivity contribution in [2.24, 2.45) is 11.3 Å². The van der Waals surface area contributed by atoms with Gasteiger partial charge in [0.05, 0.1) is 0 Å². The van der Waals surface area contributed by atoms with E-state index in [4.69, 9.17) is 4.74 Å². The highest BCUT2D eigenvalue weighted by atomic mass is 19.4. The van der Waals surface area contributed by atoms with E-state index in [1.807, 2.05) is 0 Å². The Hall–Kier alpha value is -1.00. The first-order valence-corrected chi connectivity index (χ1v) is 7.18. The molecule has 1 atom stereocenters. The highest BCUT2D eigenvalue weighted by Gasteiger charge is 2.56. The second kappa shape index (κ2) is 6.64. The molecule has 1 aliphatic carbocycles. The third-order valence-corrected chi connectivity index (χ3v) is 4.16. The lowest BCUT2D eigenvalue weighted by Gasteiger charge is -2.28. The minimum absolute atomic E-state index is 0.283. The fourth-order valence-electron chi connectivity index (χ4n) is 2.39. The maximum Gasteiger partial charge on any atom is 0.404 e. The van der Waals surface area contributed by atoms with Gasteiger partial charge >= 0.3 is 12.1 Å². The van der Waals surface area contributed by atoms with Crippen molar-refractivity contribution in [3.63, 3.8) is 0 Å². The van der Waals surface area contributed by atoms with Crippen molar-refractivity contribution in [1.29, 1.82) is 0 Å². The first-order valence-electron chi connectivity index (χ1n) is 7.18. The lowest BCUT2D eigenvalue weighted by Crippen LogP contribution is -2.42. The molecule has 1 aliphatic rings. The van der Waals surface area contributed by atoms with Crippen LogP contribution < -0.4 is 0 Å². The summed E-state index contributed by atoms with van der Waals surface area (Å²) in [4.78, 5) is 11.8. The average molecular weight is 292 g/mol. The van der Waals surface area contributed by atoms with Crippen molar-refractivity contribution in [3.05, 3.63) is 11.8 Å². The van der Waals surface area contributed by atoms with Crippen molar-refractivity contribution in [2.75, 3.05) is 0 Å². The van der Waals surface area contributed by atoms with E-state index in [9.17, 15) is 18.0 Å². The van der Waals surface area contributed by atoms with E-state index >= 15 is 0 Å². The van der Waals surface area contributed by atoms with Crippen molar-refractivity contribution < 1.29 is 22.7 Å². The Morgan fingerprint density at radius 2 is 1.80 bits per heavy atom. The van der Waals surface area contributed by atoms with Crippen LogP contribution in [0.1, 0.15) is 59.3 Å². The summed E-state index contributed by atoms with van der Waals surface area (Å²) in [5.41, 5.74) is -2.44. The molecule has 0 amide bonds. The molecular weight excluding hydrogens is 269 g/mol. The summed E-state index contributed by atoms with van der Waals surface area (Å²) < 4.78 is 43.8. The molecule has 0 aromatic heterocycles.